The van der Waals surface area contributed by atoms with Crippen LogP contribution < -0.4 is 5.32 Å². The standard InChI is InChI=1S/C14H18N2O2/c1-10-3-7-12(8-4-10)15-13(17)9-16(2)14(18)11-5-6-11/h3-4,7-8,11H,5-6,9H2,1-2H3,(H,15,17). The number of rotatable bonds is 4. The molecule has 1 fully saturated rings. The van der Waals surface area contributed by atoms with Gasteiger partial charge in [0, 0.05) is 18.7 Å². The van der Waals surface area contributed by atoms with Crippen molar-refractivity contribution in [3.05, 3.63) is 29.8 Å². The molecule has 0 heterocycles. The minimum atomic E-state index is -0.157. The van der Waals surface area contributed by atoms with Gasteiger partial charge in [-0.2, -0.15) is 0 Å². The predicted molar refractivity (Wildman–Crippen MR) is 70.2 cm³/mol. The number of hydrogen-bond donors (Lipinski definition) is 1. The van der Waals surface area contributed by atoms with Crippen LogP contribution in [0.1, 0.15) is 18.4 Å². The molecule has 0 radical (unpaired) electrons. The zero-order chi connectivity index (χ0) is 13.1. The fraction of sp³-hybridized carbons (Fsp3) is 0.429. The second-order valence-corrected chi connectivity index (χ2v) is 4.88. The lowest BCUT2D eigenvalue weighted by Gasteiger charge is -2.16. The molecule has 0 atom stereocenters. The molecular formula is C14H18N2O2. The van der Waals surface area contributed by atoms with Crippen molar-refractivity contribution in [3.8, 4) is 0 Å². The van der Waals surface area contributed by atoms with E-state index in [1.54, 1.807) is 7.05 Å². The van der Waals surface area contributed by atoms with E-state index in [0.717, 1.165) is 24.1 Å². The third-order valence-electron chi connectivity index (χ3n) is 3.02. The second kappa shape index (κ2) is 5.21. The molecule has 2 rings (SSSR count). The normalized spacial score (nSPS) is 14.1. The largest absolute Gasteiger partial charge is 0.336 e. The van der Waals surface area contributed by atoms with Crippen molar-refractivity contribution in [1.82, 2.24) is 4.90 Å². The number of amides is 2. The number of likely N-dealkylation sites (N-methyl/N-ethyl adjacent to an activating group) is 1. The molecule has 96 valence electrons. The van der Waals surface area contributed by atoms with E-state index in [1.165, 1.54) is 4.90 Å². The SMILES string of the molecule is Cc1ccc(NC(=O)CN(C)C(=O)C2CC2)cc1. The first-order chi connectivity index (χ1) is 8.56. The summed E-state index contributed by atoms with van der Waals surface area (Å²) in [5.74, 6) is 0.0755. The van der Waals surface area contributed by atoms with Gasteiger partial charge in [0.05, 0.1) is 6.54 Å². The van der Waals surface area contributed by atoms with Gasteiger partial charge in [-0.1, -0.05) is 17.7 Å². The van der Waals surface area contributed by atoms with Crippen LogP contribution in [0, 0.1) is 12.8 Å². The van der Waals surface area contributed by atoms with Crippen LogP contribution in [0.2, 0.25) is 0 Å². The number of aryl methyl sites for hydroxylation is 1. The predicted octanol–water partition coefficient (Wildman–Crippen LogP) is 1.80. The number of anilines is 1. The van der Waals surface area contributed by atoms with Crippen LogP contribution in [-0.2, 0) is 9.59 Å². The van der Waals surface area contributed by atoms with Gasteiger partial charge in [-0.3, -0.25) is 9.59 Å². The van der Waals surface area contributed by atoms with Gasteiger partial charge in [0.2, 0.25) is 11.8 Å². The molecular weight excluding hydrogens is 228 g/mol. The van der Waals surface area contributed by atoms with Crippen LogP contribution in [-0.4, -0.2) is 30.3 Å². The number of nitrogens with one attached hydrogen (secondary N) is 1. The fourth-order valence-electron chi connectivity index (χ4n) is 1.77. The highest BCUT2D eigenvalue weighted by atomic mass is 16.2. The minimum Gasteiger partial charge on any atom is -0.336 e. The molecule has 0 bridgehead atoms. The lowest BCUT2D eigenvalue weighted by atomic mass is 10.2. The fourth-order valence-corrected chi connectivity index (χ4v) is 1.77. The highest BCUT2D eigenvalue weighted by molar-refractivity contribution is 5.95. The lowest BCUT2D eigenvalue weighted by Crippen LogP contribution is -2.35. The van der Waals surface area contributed by atoms with Crippen LogP contribution in [0.5, 0.6) is 0 Å². The maximum absolute atomic E-state index is 11.8. The van der Waals surface area contributed by atoms with Gasteiger partial charge in [-0.15, -0.1) is 0 Å². The Morgan fingerprint density at radius 2 is 1.89 bits per heavy atom. The average molecular weight is 246 g/mol. The smallest absolute Gasteiger partial charge is 0.243 e. The van der Waals surface area contributed by atoms with Crippen molar-refractivity contribution >= 4 is 17.5 Å². The summed E-state index contributed by atoms with van der Waals surface area (Å²) in [4.78, 5) is 24.9. The summed E-state index contributed by atoms with van der Waals surface area (Å²) in [7, 11) is 1.68. The Labute approximate surface area is 107 Å². The molecule has 1 N–H and O–H groups in total. The van der Waals surface area contributed by atoms with E-state index in [9.17, 15) is 9.59 Å². The van der Waals surface area contributed by atoms with E-state index < -0.39 is 0 Å². The van der Waals surface area contributed by atoms with Gasteiger partial charge in [0.25, 0.3) is 0 Å². The van der Waals surface area contributed by atoms with Crippen molar-refractivity contribution in [3.63, 3.8) is 0 Å². The monoisotopic (exact) mass is 246 g/mol. The molecule has 4 nitrogen and oxygen atoms in total. The molecule has 1 aliphatic carbocycles. The molecule has 4 heteroatoms. The van der Waals surface area contributed by atoms with E-state index in [1.807, 2.05) is 31.2 Å². The summed E-state index contributed by atoms with van der Waals surface area (Å²) in [6.45, 7) is 2.11. The minimum absolute atomic E-state index is 0.0778. The molecule has 18 heavy (non-hydrogen) atoms. The van der Waals surface area contributed by atoms with Crippen LogP contribution in [0.15, 0.2) is 24.3 Å². The first-order valence-corrected chi connectivity index (χ1v) is 6.18. The zero-order valence-corrected chi connectivity index (χ0v) is 10.8. The maximum atomic E-state index is 11.8. The topological polar surface area (TPSA) is 49.4 Å². The van der Waals surface area contributed by atoms with E-state index in [4.69, 9.17) is 0 Å². The molecule has 0 unspecified atom stereocenters. The van der Waals surface area contributed by atoms with Gasteiger partial charge in [0.1, 0.15) is 0 Å². The summed E-state index contributed by atoms with van der Waals surface area (Å²) in [5, 5.41) is 2.78. The van der Waals surface area contributed by atoms with Crippen LogP contribution in [0.4, 0.5) is 5.69 Å². The molecule has 0 aromatic heterocycles. The van der Waals surface area contributed by atoms with Gasteiger partial charge in [-0.05, 0) is 31.9 Å². The second-order valence-electron chi connectivity index (χ2n) is 4.88. The number of benzene rings is 1. The summed E-state index contributed by atoms with van der Waals surface area (Å²) in [6, 6.07) is 7.59. The first-order valence-electron chi connectivity index (χ1n) is 6.18. The molecule has 0 saturated heterocycles. The van der Waals surface area contributed by atoms with Gasteiger partial charge in [0.15, 0.2) is 0 Å². The quantitative estimate of drug-likeness (QED) is 0.880. The van der Waals surface area contributed by atoms with Crippen molar-refractivity contribution in [2.24, 2.45) is 5.92 Å². The van der Waals surface area contributed by atoms with Crippen molar-refractivity contribution in [2.75, 3.05) is 18.9 Å². The molecule has 1 aromatic rings. The molecule has 1 aromatic carbocycles. The van der Waals surface area contributed by atoms with Crippen molar-refractivity contribution in [2.45, 2.75) is 19.8 Å². The Morgan fingerprint density at radius 3 is 2.44 bits per heavy atom. The maximum Gasteiger partial charge on any atom is 0.243 e. The highest BCUT2D eigenvalue weighted by Gasteiger charge is 2.32. The number of nitrogens with zero attached hydrogens (tertiary/aromatic N) is 1. The van der Waals surface area contributed by atoms with Gasteiger partial charge >= 0.3 is 0 Å². The summed E-state index contributed by atoms with van der Waals surface area (Å²) in [5.41, 5.74) is 1.91. The third-order valence-corrected chi connectivity index (χ3v) is 3.02. The highest BCUT2D eigenvalue weighted by Crippen LogP contribution is 2.30. The van der Waals surface area contributed by atoms with Crippen LogP contribution >= 0.6 is 0 Å². The molecule has 2 amide bonds. The average Bonchev–Trinajstić information content (AvgIpc) is 3.15. The summed E-state index contributed by atoms with van der Waals surface area (Å²) in [6.07, 6.45) is 1.92. The number of hydrogen-bond acceptors (Lipinski definition) is 2. The Morgan fingerprint density at radius 1 is 1.28 bits per heavy atom. The zero-order valence-electron chi connectivity index (χ0n) is 10.8. The van der Waals surface area contributed by atoms with E-state index in [0.29, 0.717) is 0 Å². The Kier molecular flexibility index (Phi) is 3.65. The summed E-state index contributed by atoms with van der Waals surface area (Å²) < 4.78 is 0. The van der Waals surface area contributed by atoms with E-state index in [2.05, 4.69) is 5.32 Å². The molecule has 1 saturated carbocycles. The lowest BCUT2D eigenvalue weighted by molar-refractivity contribution is -0.134. The molecule has 0 aliphatic heterocycles. The van der Waals surface area contributed by atoms with Crippen molar-refractivity contribution < 1.29 is 9.59 Å². The number of carbonyl (C=O) groups excluding carboxylic acids is 2. The first kappa shape index (κ1) is 12.6. The van der Waals surface area contributed by atoms with Crippen molar-refractivity contribution in [1.29, 1.82) is 0 Å². The van der Waals surface area contributed by atoms with Gasteiger partial charge in [-0.25, -0.2) is 0 Å². The van der Waals surface area contributed by atoms with E-state index in [-0.39, 0.29) is 24.3 Å². The molecule has 0 spiro atoms. The Balaban J connectivity index is 1.84. The van der Waals surface area contributed by atoms with E-state index >= 15 is 0 Å². The Hall–Kier alpha value is -1.84. The summed E-state index contributed by atoms with van der Waals surface area (Å²) >= 11 is 0. The Bertz CT molecular complexity index is 449. The number of carbonyl (C=O) groups is 2. The molecule has 1 aliphatic rings. The van der Waals surface area contributed by atoms with Gasteiger partial charge < -0.3 is 10.2 Å². The van der Waals surface area contributed by atoms with Crippen LogP contribution in [0.3, 0.4) is 0 Å². The third kappa shape index (κ3) is 3.32. The van der Waals surface area contributed by atoms with Crippen LogP contribution in [0.25, 0.3) is 0 Å².